The van der Waals surface area contributed by atoms with Crippen LogP contribution in [0.2, 0.25) is 8.87 Å². The molecule has 19 heavy (non-hydrogen) atoms. The normalized spacial score (nSPS) is 10.8. The SMILES string of the molecule is CCC[CH2][Sn](=[O])[CH2]CCC.OCC(CO)(CO)CO. The summed E-state index contributed by atoms with van der Waals surface area (Å²) in [4.78, 5) is 0. The molecule has 5 nitrogen and oxygen atoms in total. The number of rotatable bonds is 10. The molecular weight excluding hydrogens is 355 g/mol. The van der Waals surface area contributed by atoms with Crippen molar-refractivity contribution in [2.45, 2.75) is 48.4 Å². The molecule has 0 heterocycles. The maximum Gasteiger partial charge on any atom is 0.0627 e. The Bertz CT molecular complexity index is 180. The van der Waals surface area contributed by atoms with Gasteiger partial charge in [-0.15, -0.1) is 0 Å². The summed E-state index contributed by atoms with van der Waals surface area (Å²) >= 11 is -1.99. The van der Waals surface area contributed by atoms with E-state index in [9.17, 15) is 3.08 Å². The van der Waals surface area contributed by atoms with E-state index in [0.717, 1.165) is 8.87 Å². The second-order valence-electron chi connectivity index (χ2n) is 4.88. The van der Waals surface area contributed by atoms with Crippen molar-refractivity contribution in [3.8, 4) is 0 Å². The summed E-state index contributed by atoms with van der Waals surface area (Å²) in [5.41, 5.74) is -1.11. The van der Waals surface area contributed by atoms with Crippen LogP contribution in [0.25, 0.3) is 0 Å². The van der Waals surface area contributed by atoms with Crippen LogP contribution in [-0.4, -0.2) is 66.6 Å². The first-order valence-electron chi connectivity index (χ1n) is 7.00. The standard InChI is InChI=1S/C5H12O4.2C4H9.O.Sn/c6-1-5(2-7,3-8)4-9;2*1-3-4-2;;/h6-9H,1-4H2;2*1,3-4H2,2H3;;. The third-order valence-corrected chi connectivity index (χ3v) is 8.16. The number of unbranched alkanes of at least 4 members (excludes halogenated alkanes) is 2. The maximum absolute atomic E-state index is 11.2. The molecule has 0 rings (SSSR count). The molecule has 116 valence electrons. The molecule has 0 aliphatic heterocycles. The average molecular weight is 385 g/mol. The molecule has 6 heteroatoms. The van der Waals surface area contributed by atoms with Gasteiger partial charge in [-0.1, -0.05) is 0 Å². The van der Waals surface area contributed by atoms with Gasteiger partial charge in [0, 0.05) is 0 Å². The molecule has 0 aromatic rings. The van der Waals surface area contributed by atoms with Crippen LogP contribution >= 0.6 is 0 Å². The van der Waals surface area contributed by atoms with Crippen molar-refractivity contribution in [1.29, 1.82) is 0 Å². The van der Waals surface area contributed by atoms with E-state index in [0.29, 0.717) is 0 Å². The van der Waals surface area contributed by atoms with Gasteiger partial charge in [-0.3, -0.25) is 0 Å². The summed E-state index contributed by atoms with van der Waals surface area (Å²) < 4.78 is 13.4. The third kappa shape index (κ3) is 11.9. The van der Waals surface area contributed by atoms with Crippen LogP contribution in [0, 0.1) is 5.41 Å². The largest absolute Gasteiger partial charge is 0.396 e. The van der Waals surface area contributed by atoms with E-state index in [4.69, 9.17) is 20.4 Å². The molecule has 0 aromatic heterocycles. The first kappa shape index (κ1) is 21.7. The molecule has 0 atom stereocenters. The number of aliphatic hydroxyl groups is 4. The predicted octanol–water partition coefficient (Wildman–Crippen LogP) is 0.951. The summed E-state index contributed by atoms with van der Waals surface area (Å²) in [5, 5.41) is 34.0. The van der Waals surface area contributed by atoms with Gasteiger partial charge in [0.1, 0.15) is 0 Å². The summed E-state index contributed by atoms with van der Waals surface area (Å²) in [5.74, 6) is 0. The van der Waals surface area contributed by atoms with Crippen LogP contribution in [-0.2, 0) is 3.08 Å². The van der Waals surface area contributed by atoms with Crippen LogP contribution in [0.3, 0.4) is 0 Å². The Morgan fingerprint density at radius 3 is 1.26 bits per heavy atom. The quantitative estimate of drug-likeness (QED) is 0.420. The van der Waals surface area contributed by atoms with E-state index in [-0.39, 0.29) is 0 Å². The van der Waals surface area contributed by atoms with Crippen molar-refractivity contribution in [1.82, 2.24) is 0 Å². The molecular formula is C13H30O5Sn. The Labute approximate surface area is 123 Å². The number of hydrogen-bond donors (Lipinski definition) is 4. The number of aliphatic hydroxyl groups excluding tert-OH is 4. The zero-order chi connectivity index (χ0) is 15.1. The molecule has 0 radical (unpaired) electrons. The van der Waals surface area contributed by atoms with E-state index >= 15 is 0 Å². The van der Waals surface area contributed by atoms with Gasteiger partial charge in [0.2, 0.25) is 0 Å². The number of hydrogen-bond acceptors (Lipinski definition) is 5. The minimum Gasteiger partial charge on any atom is -0.396 e. The Hall–Kier alpha value is 0.439. The van der Waals surface area contributed by atoms with Crippen LogP contribution in [0.4, 0.5) is 0 Å². The molecule has 0 aliphatic rings. The Morgan fingerprint density at radius 2 is 1.11 bits per heavy atom. The monoisotopic (exact) mass is 386 g/mol. The Kier molecular flexibility index (Phi) is 17.0. The summed E-state index contributed by atoms with van der Waals surface area (Å²) in [6, 6.07) is 0. The van der Waals surface area contributed by atoms with Crippen LogP contribution < -0.4 is 0 Å². The molecule has 0 saturated carbocycles. The van der Waals surface area contributed by atoms with Crippen molar-refractivity contribution in [3.05, 3.63) is 0 Å². The predicted molar refractivity (Wildman–Crippen MR) is 76.6 cm³/mol. The van der Waals surface area contributed by atoms with Crippen LogP contribution in [0.5, 0.6) is 0 Å². The van der Waals surface area contributed by atoms with Gasteiger partial charge in [-0.2, -0.15) is 0 Å². The second-order valence-corrected chi connectivity index (χ2v) is 10.8. The fourth-order valence-corrected chi connectivity index (χ4v) is 6.16. The molecule has 0 spiro atoms. The molecule has 0 saturated heterocycles. The Morgan fingerprint density at radius 1 is 0.789 bits per heavy atom. The van der Waals surface area contributed by atoms with Crippen molar-refractivity contribution in [2.75, 3.05) is 26.4 Å². The van der Waals surface area contributed by atoms with Crippen LogP contribution in [0.1, 0.15) is 39.5 Å². The fourth-order valence-electron chi connectivity index (χ4n) is 1.17. The summed E-state index contributed by atoms with van der Waals surface area (Å²) in [6.45, 7) is 2.70. The van der Waals surface area contributed by atoms with Gasteiger partial charge in [0.25, 0.3) is 0 Å². The van der Waals surface area contributed by atoms with Gasteiger partial charge >= 0.3 is 71.2 Å². The van der Waals surface area contributed by atoms with Gasteiger partial charge in [-0.05, 0) is 0 Å². The van der Waals surface area contributed by atoms with Crippen molar-refractivity contribution < 1.29 is 23.5 Å². The molecule has 0 fully saturated rings. The first-order valence-corrected chi connectivity index (χ1v) is 12.2. The van der Waals surface area contributed by atoms with Gasteiger partial charge in [0.15, 0.2) is 0 Å². The average Bonchev–Trinajstić information content (AvgIpc) is 2.46. The maximum atomic E-state index is 11.2. The summed E-state index contributed by atoms with van der Waals surface area (Å²) in [6.07, 6.45) is 4.81. The topological polar surface area (TPSA) is 98.0 Å². The molecule has 0 unspecified atom stereocenters. The molecule has 4 N–H and O–H groups in total. The zero-order valence-corrected chi connectivity index (χ0v) is 15.1. The first-order chi connectivity index (χ1) is 9.05. The van der Waals surface area contributed by atoms with E-state index in [1.54, 1.807) is 0 Å². The van der Waals surface area contributed by atoms with Gasteiger partial charge < -0.3 is 20.4 Å². The molecule has 0 aliphatic carbocycles. The third-order valence-electron chi connectivity index (χ3n) is 2.96. The van der Waals surface area contributed by atoms with E-state index < -0.39 is 51.6 Å². The molecule has 0 bridgehead atoms. The smallest absolute Gasteiger partial charge is 0.0627 e. The minimum atomic E-state index is -1.99. The summed E-state index contributed by atoms with van der Waals surface area (Å²) in [7, 11) is 0. The van der Waals surface area contributed by atoms with Crippen molar-refractivity contribution >= 4 is 19.7 Å². The van der Waals surface area contributed by atoms with Crippen molar-refractivity contribution in [3.63, 3.8) is 0 Å². The van der Waals surface area contributed by atoms with Gasteiger partial charge in [0.05, 0.1) is 31.8 Å². The van der Waals surface area contributed by atoms with Crippen molar-refractivity contribution in [2.24, 2.45) is 5.41 Å². The van der Waals surface area contributed by atoms with E-state index in [1.165, 1.54) is 25.7 Å². The Balaban J connectivity index is 0. The minimum absolute atomic E-state index is 0.406. The zero-order valence-electron chi connectivity index (χ0n) is 12.3. The van der Waals surface area contributed by atoms with E-state index in [2.05, 4.69) is 13.8 Å². The second kappa shape index (κ2) is 14.8. The molecule has 0 amide bonds. The fraction of sp³-hybridized carbons (Fsp3) is 1.00. The van der Waals surface area contributed by atoms with Crippen LogP contribution in [0.15, 0.2) is 0 Å². The van der Waals surface area contributed by atoms with E-state index in [1.807, 2.05) is 0 Å². The van der Waals surface area contributed by atoms with Gasteiger partial charge in [-0.25, -0.2) is 0 Å². The molecule has 0 aromatic carbocycles.